The van der Waals surface area contributed by atoms with Crippen molar-refractivity contribution in [2.45, 2.75) is 6.92 Å². The van der Waals surface area contributed by atoms with E-state index in [0.29, 0.717) is 0 Å². The molecular formula is C11H13N. The lowest BCUT2D eigenvalue weighted by molar-refractivity contribution is 1.23. The van der Waals surface area contributed by atoms with Gasteiger partial charge in [0.15, 0.2) is 0 Å². The van der Waals surface area contributed by atoms with Crippen LogP contribution in [0, 0.1) is 6.92 Å². The summed E-state index contributed by atoms with van der Waals surface area (Å²) in [5.41, 5.74) is 1.13. The topological polar surface area (TPSA) is 15.8 Å². The molecule has 0 fully saturated rings. The van der Waals surface area contributed by atoms with Crippen LogP contribution in [0.25, 0.3) is 13.2 Å². The van der Waals surface area contributed by atoms with Crippen molar-refractivity contribution in [1.29, 1.82) is 0 Å². The Hall–Kier alpha value is -1.50. The number of aromatic amines is 1. The van der Waals surface area contributed by atoms with Gasteiger partial charge in [-0.15, -0.1) is 0 Å². The molecule has 12 heavy (non-hydrogen) atoms. The molecule has 0 aliphatic heterocycles. The fraction of sp³-hybridized carbons (Fsp3) is 0.0909. The van der Waals surface area contributed by atoms with E-state index in [2.05, 4.69) is 18.1 Å². The van der Waals surface area contributed by atoms with Crippen molar-refractivity contribution in [2.24, 2.45) is 0 Å². The average Bonchev–Trinajstić information content (AvgIpc) is 2.08. The van der Waals surface area contributed by atoms with Crippen molar-refractivity contribution in [3.05, 3.63) is 46.6 Å². The van der Waals surface area contributed by atoms with Crippen molar-refractivity contribution in [2.75, 3.05) is 0 Å². The summed E-state index contributed by atoms with van der Waals surface area (Å²) in [4.78, 5) is 3.06. The first-order valence-electron chi connectivity index (χ1n) is 3.86. The summed E-state index contributed by atoms with van der Waals surface area (Å²) in [5, 5.41) is 1.90. The van der Waals surface area contributed by atoms with Crippen LogP contribution in [0.15, 0.2) is 30.5 Å². The highest BCUT2D eigenvalue weighted by atomic mass is 14.6. The Morgan fingerprint density at radius 1 is 1.17 bits per heavy atom. The fourth-order valence-electron chi connectivity index (χ4n) is 0.835. The molecule has 0 bridgehead atoms. The van der Waals surface area contributed by atoms with Crippen molar-refractivity contribution in [3.63, 3.8) is 0 Å². The Morgan fingerprint density at radius 2 is 1.92 bits per heavy atom. The van der Waals surface area contributed by atoms with Gasteiger partial charge in [-0.2, -0.15) is 0 Å². The standard InChI is InChI=1S/C11H13N/c1-9-5-4-6-10(2)11(3)12-8-7-9/h4-8,12H,1,3H2,2H3. The second-order valence-corrected chi connectivity index (χ2v) is 2.74. The first-order chi connectivity index (χ1) is 5.70. The normalized spacial score (nSPS) is 9.08. The van der Waals surface area contributed by atoms with Gasteiger partial charge in [0.25, 0.3) is 0 Å². The van der Waals surface area contributed by atoms with Crippen LogP contribution in [-0.4, -0.2) is 4.98 Å². The highest BCUT2D eigenvalue weighted by molar-refractivity contribution is 5.13. The number of H-pyrrole nitrogens is 1. The number of aromatic nitrogens is 1. The SMILES string of the molecule is C=c1cccc(C)c(=C)[nH]cc1. The Labute approximate surface area is 72.4 Å². The zero-order chi connectivity index (χ0) is 8.97. The van der Waals surface area contributed by atoms with Gasteiger partial charge in [0.05, 0.1) is 0 Å². The Balaban J connectivity index is 3.54. The largest absolute Gasteiger partial charge is 0.362 e. The van der Waals surface area contributed by atoms with E-state index in [4.69, 9.17) is 0 Å². The van der Waals surface area contributed by atoms with Crippen LogP contribution in [-0.2, 0) is 0 Å². The number of hydrogen-bond donors (Lipinski definition) is 1. The van der Waals surface area contributed by atoms with Crippen LogP contribution >= 0.6 is 0 Å². The van der Waals surface area contributed by atoms with E-state index in [1.807, 2.05) is 37.4 Å². The summed E-state index contributed by atoms with van der Waals surface area (Å²) < 4.78 is 0. The summed E-state index contributed by atoms with van der Waals surface area (Å²) >= 11 is 0. The number of hydrogen-bond acceptors (Lipinski definition) is 0. The number of aryl methyl sites for hydroxylation is 1. The number of nitrogens with one attached hydrogen (secondary N) is 1. The van der Waals surface area contributed by atoms with E-state index in [9.17, 15) is 0 Å². The van der Waals surface area contributed by atoms with Gasteiger partial charge in [-0.25, -0.2) is 0 Å². The molecule has 0 aromatic carbocycles. The van der Waals surface area contributed by atoms with Gasteiger partial charge in [-0.05, 0) is 23.8 Å². The van der Waals surface area contributed by atoms with E-state index in [1.165, 1.54) is 0 Å². The molecule has 1 heterocycles. The number of rotatable bonds is 0. The van der Waals surface area contributed by atoms with E-state index in [1.54, 1.807) is 0 Å². The van der Waals surface area contributed by atoms with Crippen molar-refractivity contribution < 1.29 is 0 Å². The summed E-state index contributed by atoms with van der Waals surface area (Å²) in [6.45, 7) is 9.72. The molecule has 1 aromatic rings. The third-order valence-electron chi connectivity index (χ3n) is 1.69. The molecular weight excluding hydrogens is 146 g/mol. The highest BCUT2D eigenvalue weighted by Crippen LogP contribution is 1.79. The molecule has 0 atom stereocenters. The van der Waals surface area contributed by atoms with E-state index >= 15 is 0 Å². The summed E-state index contributed by atoms with van der Waals surface area (Å²) in [7, 11) is 0. The molecule has 1 nitrogen and oxygen atoms in total. The second kappa shape index (κ2) is 3.77. The second-order valence-electron chi connectivity index (χ2n) is 2.74. The summed E-state index contributed by atoms with van der Waals surface area (Å²) in [5.74, 6) is 0. The maximum absolute atomic E-state index is 3.87. The molecule has 1 heteroatoms. The summed E-state index contributed by atoms with van der Waals surface area (Å²) in [6, 6.07) is 7.85. The van der Waals surface area contributed by atoms with Crippen molar-refractivity contribution in [3.8, 4) is 0 Å². The fourth-order valence-corrected chi connectivity index (χ4v) is 0.835. The van der Waals surface area contributed by atoms with Gasteiger partial charge in [0, 0.05) is 11.5 Å². The van der Waals surface area contributed by atoms with Crippen LogP contribution < -0.4 is 10.6 Å². The van der Waals surface area contributed by atoms with Gasteiger partial charge in [-0.3, -0.25) is 0 Å². The van der Waals surface area contributed by atoms with Crippen LogP contribution in [0.4, 0.5) is 0 Å². The zero-order valence-corrected chi connectivity index (χ0v) is 7.30. The Bertz CT molecular complexity index is 400. The first kappa shape index (κ1) is 8.60. The van der Waals surface area contributed by atoms with Gasteiger partial charge in [-0.1, -0.05) is 31.4 Å². The maximum Gasteiger partial charge on any atom is 0.0336 e. The minimum atomic E-state index is 0.922. The minimum absolute atomic E-state index is 0.922. The van der Waals surface area contributed by atoms with Crippen LogP contribution in [0.2, 0.25) is 0 Å². The summed E-state index contributed by atoms with van der Waals surface area (Å²) in [6.07, 6.45) is 1.84. The van der Waals surface area contributed by atoms with Gasteiger partial charge < -0.3 is 4.98 Å². The Morgan fingerprint density at radius 3 is 2.67 bits per heavy atom. The van der Waals surface area contributed by atoms with E-state index in [-0.39, 0.29) is 0 Å². The molecule has 0 unspecified atom stereocenters. The van der Waals surface area contributed by atoms with Crippen LogP contribution in [0.1, 0.15) is 5.56 Å². The van der Waals surface area contributed by atoms with Crippen LogP contribution in [0.5, 0.6) is 0 Å². The smallest absolute Gasteiger partial charge is 0.0336 e. The third-order valence-corrected chi connectivity index (χ3v) is 1.69. The predicted molar refractivity (Wildman–Crippen MR) is 53.5 cm³/mol. The van der Waals surface area contributed by atoms with Crippen LogP contribution in [0.3, 0.4) is 0 Å². The van der Waals surface area contributed by atoms with Crippen molar-refractivity contribution in [1.82, 2.24) is 4.98 Å². The predicted octanol–water partition coefficient (Wildman–Crippen LogP) is 1.27. The Kier molecular flexibility index (Phi) is 2.70. The van der Waals surface area contributed by atoms with E-state index in [0.717, 1.165) is 16.1 Å². The lowest BCUT2D eigenvalue weighted by atomic mass is 10.3. The monoisotopic (exact) mass is 159 g/mol. The molecule has 0 aliphatic carbocycles. The van der Waals surface area contributed by atoms with Gasteiger partial charge in [0.2, 0.25) is 0 Å². The first-order valence-corrected chi connectivity index (χ1v) is 3.86. The molecule has 0 radical (unpaired) electrons. The lowest BCUT2D eigenvalue weighted by Crippen LogP contribution is -2.03. The molecule has 1 rings (SSSR count). The molecule has 1 aromatic heterocycles. The molecule has 0 aliphatic rings. The molecule has 62 valence electrons. The van der Waals surface area contributed by atoms with Gasteiger partial charge in [0.1, 0.15) is 0 Å². The average molecular weight is 159 g/mol. The maximum atomic E-state index is 3.87. The quantitative estimate of drug-likeness (QED) is 0.586. The van der Waals surface area contributed by atoms with Gasteiger partial charge >= 0.3 is 0 Å². The molecule has 0 spiro atoms. The third kappa shape index (κ3) is 2.27. The lowest BCUT2D eigenvalue weighted by Gasteiger charge is -1.83. The zero-order valence-electron chi connectivity index (χ0n) is 7.30. The molecule has 0 saturated heterocycles. The highest BCUT2D eigenvalue weighted by Gasteiger charge is 1.76. The minimum Gasteiger partial charge on any atom is -0.362 e. The van der Waals surface area contributed by atoms with E-state index < -0.39 is 0 Å². The molecule has 1 N–H and O–H groups in total. The molecule has 0 saturated carbocycles. The van der Waals surface area contributed by atoms with Crippen molar-refractivity contribution >= 4 is 13.2 Å². The molecule has 0 amide bonds.